The van der Waals surface area contributed by atoms with Crippen molar-refractivity contribution in [2.75, 3.05) is 11.2 Å². The van der Waals surface area contributed by atoms with Crippen LogP contribution in [0.3, 0.4) is 0 Å². The third kappa shape index (κ3) is 2.51. The summed E-state index contributed by atoms with van der Waals surface area (Å²) in [6.07, 6.45) is 4.82. The van der Waals surface area contributed by atoms with Crippen molar-refractivity contribution < 1.29 is 4.79 Å². The fourth-order valence-corrected chi connectivity index (χ4v) is 2.07. The molecule has 0 fully saturated rings. The fraction of sp³-hybridized carbons (Fsp3) is 0.417. The Morgan fingerprint density at radius 1 is 1.27 bits per heavy atom. The van der Waals surface area contributed by atoms with Crippen molar-refractivity contribution in [1.29, 1.82) is 0 Å². The maximum Gasteiger partial charge on any atom is 0.239 e. The summed E-state index contributed by atoms with van der Waals surface area (Å²) in [5.41, 5.74) is 3.65. The van der Waals surface area contributed by atoms with Crippen LogP contribution in [0, 0.1) is 0 Å². The Morgan fingerprint density at radius 2 is 2.00 bits per heavy atom. The lowest BCUT2D eigenvalue weighted by atomic mass is 9.91. The molecule has 1 N–H and O–H groups in total. The van der Waals surface area contributed by atoms with Crippen LogP contribution in [0.25, 0.3) is 0 Å². The quantitative estimate of drug-likeness (QED) is 0.768. The zero-order chi connectivity index (χ0) is 10.7. The van der Waals surface area contributed by atoms with Gasteiger partial charge in [0.25, 0.3) is 0 Å². The van der Waals surface area contributed by atoms with Crippen LogP contribution >= 0.6 is 11.6 Å². The van der Waals surface area contributed by atoms with Crippen molar-refractivity contribution in [3.8, 4) is 0 Å². The van der Waals surface area contributed by atoms with E-state index in [0.717, 1.165) is 12.1 Å². The standard InChI is InChI=1S/C12H14ClNO/c13-8-12(15)14-11-6-5-9-3-1-2-4-10(9)7-11/h5-7H,1-4,8H2,(H,14,15). The van der Waals surface area contributed by atoms with E-state index in [1.807, 2.05) is 6.07 Å². The molecule has 0 heterocycles. The largest absolute Gasteiger partial charge is 0.325 e. The third-order valence-corrected chi connectivity index (χ3v) is 3.00. The lowest BCUT2D eigenvalue weighted by Gasteiger charge is -2.16. The highest BCUT2D eigenvalue weighted by molar-refractivity contribution is 6.29. The summed E-state index contributed by atoms with van der Waals surface area (Å²) < 4.78 is 0. The van der Waals surface area contributed by atoms with Gasteiger partial charge in [-0.15, -0.1) is 11.6 Å². The number of anilines is 1. The van der Waals surface area contributed by atoms with Gasteiger partial charge in [0.15, 0.2) is 0 Å². The molecule has 0 aliphatic heterocycles. The molecule has 1 aliphatic carbocycles. The molecule has 0 bridgehead atoms. The van der Waals surface area contributed by atoms with Gasteiger partial charge in [0, 0.05) is 5.69 Å². The minimum atomic E-state index is -0.146. The average Bonchev–Trinajstić information content (AvgIpc) is 2.29. The zero-order valence-electron chi connectivity index (χ0n) is 8.55. The second-order valence-electron chi connectivity index (χ2n) is 3.87. The third-order valence-electron chi connectivity index (χ3n) is 2.75. The molecule has 3 heteroatoms. The Morgan fingerprint density at radius 3 is 2.73 bits per heavy atom. The highest BCUT2D eigenvalue weighted by Gasteiger charge is 2.10. The minimum absolute atomic E-state index is 0.0110. The summed E-state index contributed by atoms with van der Waals surface area (Å²) in [7, 11) is 0. The van der Waals surface area contributed by atoms with Gasteiger partial charge in [-0.25, -0.2) is 0 Å². The van der Waals surface area contributed by atoms with Crippen LogP contribution in [0.4, 0.5) is 5.69 Å². The molecule has 2 rings (SSSR count). The molecule has 0 radical (unpaired) electrons. The number of fused-ring (bicyclic) bond motifs is 1. The summed E-state index contributed by atoms with van der Waals surface area (Å²) >= 11 is 5.43. The minimum Gasteiger partial charge on any atom is -0.325 e. The maximum absolute atomic E-state index is 11.1. The number of alkyl halides is 1. The summed E-state index contributed by atoms with van der Waals surface area (Å²) in [5.74, 6) is -0.135. The van der Waals surface area contributed by atoms with Crippen LogP contribution < -0.4 is 5.32 Å². The number of rotatable bonds is 2. The molecular weight excluding hydrogens is 210 g/mol. The van der Waals surface area contributed by atoms with Crippen molar-refractivity contribution in [2.24, 2.45) is 0 Å². The number of hydrogen-bond donors (Lipinski definition) is 1. The van der Waals surface area contributed by atoms with Gasteiger partial charge in [-0.1, -0.05) is 6.07 Å². The van der Waals surface area contributed by atoms with Crippen LogP contribution in [-0.2, 0) is 17.6 Å². The first-order valence-electron chi connectivity index (χ1n) is 5.27. The first kappa shape index (κ1) is 10.5. The van der Waals surface area contributed by atoms with Gasteiger partial charge in [-0.3, -0.25) is 4.79 Å². The van der Waals surface area contributed by atoms with Gasteiger partial charge in [0.2, 0.25) is 5.91 Å². The number of aryl methyl sites for hydroxylation is 2. The molecule has 1 aliphatic rings. The Labute approximate surface area is 94.6 Å². The van der Waals surface area contributed by atoms with Crippen molar-refractivity contribution >= 4 is 23.2 Å². The molecular formula is C12H14ClNO. The van der Waals surface area contributed by atoms with Gasteiger partial charge >= 0.3 is 0 Å². The number of amides is 1. The monoisotopic (exact) mass is 223 g/mol. The topological polar surface area (TPSA) is 29.1 Å². The van der Waals surface area contributed by atoms with E-state index in [1.165, 1.54) is 30.4 Å². The lowest BCUT2D eigenvalue weighted by Crippen LogP contribution is -2.13. The van der Waals surface area contributed by atoms with Crippen molar-refractivity contribution in [2.45, 2.75) is 25.7 Å². The van der Waals surface area contributed by atoms with Gasteiger partial charge in [0.05, 0.1) is 0 Å². The smallest absolute Gasteiger partial charge is 0.239 e. The van der Waals surface area contributed by atoms with E-state index < -0.39 is 0 Å². The molecule has 15 heavy (non-hydrogen) atoms. The zero-order valence-corrected chi connectivity index (χ0v) is 9.31. The molecule has 1 aromatic rings. The number of carbonyl (C=O) groups excluding carboxylic acids is 1. The lowest BCUT2D eigenvalue weighted by molar-refractivity contribution is -0.113. The number of carbonyl (C=O) groups is 1. The molecule has 2 nitrogen and oxygen atoms in total. The van der Waals surface area contributed by atoms with E-state index in [0.29, 0.717) is 0 Å². The molecule has 1 amide bonds. The Bertz CT molecular complexity index is 376. The van der Waals surface area contributed by atoms with Gasteiger partial charge in [-0.2, -0.15) is 0 Å². The van der Waals surface area contributed by atoms with Crippen LogP contribution in [-0.4, -0.2) is 11.8 Å². The highest BCUT2D eigenvalue weighted by Crippen LogP contribution is 2.24. The van der Waals surface area contributed by atoms with E-state index in [2.05, 4.69) is 17.4 Å². The number of hydrogen-bond acceptors (Lipinski definition) is 1. The van der Waals surface area contributed by atoms with Crippen molar-refractivity contribution in [3.05, 3.63) is 29.3 Å². The Balaban J connectivity index is 2.17. The normalized spacial score (nSPS) is 14.5. The first-order valence-corrected chi connectivity index (χ1v) is 5.80. The molecule has 0 spiro atoms. The summed E-state index contributed by atoms with van der Waals surface area (Å²) in [6.45, 7) is 0. The number of halogens is 1. The van der Waals surface area contributed by atoms with Crippen LogP contribution in [0.5, 0.6) is 0 Å². The summed E-state index contributed by atoms with van der Waals surface area (Å²) in [4.78, 5) is 11.1. The van der Waals surface area contributed by atoms with Crippen LogP contribution in [0.1, 0.15) is 24.0 Å². The van der Waals surface area contributed by atoms with Gasteiger partial charge < -0.3 is 5.32 Å². The molecule has 0 saturated heterocycles. The number of nitrogens with one attached hydrogen (secondary N) is 1. The van der Waals surface area contributed by atoms with Crippen LogP contribution in [0.2, 0.25) is 0 Å². The van der Waals surface area contributed by atoms with E-state index >= 15 is 0 Å². The molecule has 0 unspecified atom stereocenters. The second-order valence-corrected chi connectivity index (χ2v) is 4.14. The predicted octanol–water partition coefficient (Wildman–Crippen LogP) is 2.74. The van der Waals surface area contributed by atoms with Gasteiger partial charge in [-0.05, 0) is 48.9 Å². The van der Waals surface area contributed by atoms with Crippen molar-refractivity contribution in [1.82, 2.24) is 0 Å². The molecule has 0 atom stereocenters. The predicted molar refractivity (Wildman–Crippen MR) is 62.4 cm³/mol. The first-order chi connectivity index (χ1) is 7.29. The molecule has 0 aromatic heterocycles. The molecule has 0 saturated carbocycles. The average molecular weight is 224 g/mol. The Kier molecular flexibility index (Phi) is 3.27. The van der Waals surface area contributed by atoms with Crippen LogP contribution in [0.15, 0.2) is 18.2 Å². The van der Waals surface area contributed by atoms with Crippen molar-refractivity contribution in [3.63, 3.8) is 0 Å². The summed E-state index contributed by atoms with van der Waals surface area (Å²) in [5, 5.41) is 2.77. The molecule has 1 aromatic carbocycles. The van der Waals surface area contributed by atoms with E-state index in [-0.39, 0.29) is 11.8 Å². The molecule has 80 valence electrons. The summed E-state index contributed by atoms with van der Waals surface area (Å²) in [6, 6.07) is 6.13. The Hall–Kier alpha value is -1.02. The SMILES string of the molecule is O=C(CCl)Nc1ccc2c(c1)CCCC2. The van der Waals surface area contributed by atoms with E-state index in [4.69, 9.17) is 11.6 Å². The second kappa shape index (κ2) is 4.67. The highest BCUT2D eigenvalue weighted by atomic mass is 35.5. The van der Waals surface area contributed by atoms with Gasteiger partial charge in [0.1, 0.15) is 5.88 Å². The maximum atomic E-state index is 11.1. The fourth-order valence-electron chi connectivity index (χ4n) is 2.01. The number of benzene rings is 1. The van der Waals surface area contributed by atoms with E-state index in [9.17, 15) is 4.79 Å². The van der Waals surface area contributed by atoms with E-state index in [1.54, 1.807) is 0 Å².